The van der Waals surface area contributed by atoms with Crippen LogP contribution in [0.4, 0.5) is 0 Å². The molecule has 1 aromatic carbocycles. The van der Waals surface area contributed by atoms with Crippen LogP contribution in [0.15, 0.2) is 42.5 Å². The molecule has 0 radical (unpaired) electrons. The molecule has 84 valence electrons. The van der Waals surface area contributed by atoms with Gasteiger partial charge < -0.3 is 5.11 Å². The van der Waals surface area contributed by atoms with Crippen molar-refractivity contribution in [1.29, 1.82) is 0 Å². The monoisotopic (exact) mass is 214 g/mol. The lowest BCUT2D eigenvalue weighted by molar-refractivity contribution is 0.00985. The molecule has 0 amide bonds. The first-order valence-corrected chi connectivity index (χ1v) is 6.24. The molecule has 0 aliphatic heterocycles. The molecule has 2 bridgehead atoms. The maximum absolute atomic E-state index is 10.5. The van der Waals surface area contributed by atoms with Crippen LogP contribution < -0.4 is 0 Å². The Balaban J connectivity index is 2.08. The first-order valence-electron chi connectivity index (χ1n) is 6.24. The van der Waals surface area contributed by atoms with Crippen molar-refractivity contribution in [3.05, 3.63) is 48.0 Å². The normalized spacial score (nSPS) is 37.3. The van der Waals surface area contributed by atoms with Gasteiger partial charge in [-0.05, 0) is 30.7 Å². The summed E-state index contributed by atoms with van der Waals surface area (Å²) in [5.41, 5.74) is 1.19. The summed E-state index contributed by atoms with van der Waals surface area (Å²) in [5.74, 6) is 0.471. The quantitative estimate of drug-likeness (QED) is 0.712. The molecule has 3 rings (SSSR count). The predicted octanol–water partition coefficient (Wildman–Crippen LogP) is 3.05. The summed E-state index contributed by atoms with van der Waals surface area (Å²) >= 11 is 0. The molecular formula is C15H18O. The lowest BCUT2D eigenvalue weighted by Gasteiger charge is -2.46. The van der Waals surface area contributed by atoms with Crippen LogP contribution in [0.2, 0.25) is 0 Å². The third kappa shape index (κ3) is 1.35. The summed E-state index contributed by atoms with van der Waals surface area (Å²) in [4.78, 5) is 0. The average Bonchev–Trinajstić information content (AvgIpc) is 2.30. The van der Waals surface area contributed by atoms with Crippen LogP contribution in [0.25, 0.3) is 0 Å². The summed E-state index contributed by atoms with van der Waals surface area (Å²) in [6, 6.07) is 10.5. The summed E-state index contributed by atoms with van der Waals surface area (Å²) < 4.78 is 0. The summed E-state index contributed by atoms with van der Waals surface area (Å²) in [6.07, 6.45) is 8.89. The molecule has 0 spiro atoms. The second-order valence-corrected chi connectivity index (χ2v) is 5.14. The van der Waals surface area contributed by atoms with Crippen molar-refractivity contribution in [2.45, 2.75) is 37.2 Å². The fourth-order valence-corrected chi connectivity index (χ4v) is 3.42. The molecule has 2 aliphatic rings. The molecule has 0 aromatic heterocycles. The van der Waals surface area contributed by atoms with Gasteiger partial charge in [0.05, 0.1) is 6.10 Å². The number of fused-ring (bicyclic) bond motifs is 2. The minimum atomic E-state index is -0.186. The molecule has 16 heavy (non-hydrogen) atoms. The third-order valence-corrected chi connectivity index (χ3v) is 4.31. The molecule has 2 aliphatic carbocycles. The Morgan fingerprint density at radius 2 is 2.00 bits per heavy atom. The molecule has 0 unspecified atom stereocenters. The van der Waals surface area contributed by atoms with E-state index in [2.05, 4.69) is 36.4 Å². The Hall–Kier alpha value is -1.08. The van der Waals surface area contributed by atoms with Crippen LogP contribution in [-0.4, -0.2) is 11.2 Å². The smallest absolute Gasteiger partial charge is 0.0702 e. The van der Waals surface area contributed by atoms with Crippen molar-refractivity contribution >= 4 is 0 Å². The van der Waals surface area contributed by atoms with E-state index in [0.29, 0.717) is 5.92 Å². The zero-order chi connectivity index (χ0) is 11.0. The van der Waals surface area contributed by atoms with Crippen LogP contribution in [0, 0.1) is 5.92 Å². The zero-order valence-electron chi connectivity index (χ0n) is 9.47. The summed E-state index contributed by atoms with van der Waals surface area (Å²) in [5, 5.41) is 10.5. The number of aliphatic hydroxyl groups excluding tert-OH is 1. The van der Waals surface area contributed by atoms with E-state index < -0.39 is 0 Å². The van der Waals surface area contributed by atoms with Crippen LogP contribution in [0.3, 0.4) is 0 Å². The van der Waals surface area contributed by atoms with E-state index in [9.17, 15) is 5.11 Å². The zero-order valence-corrected chi connectivity index (χ0v) is 9.47. The molecule has 1 nitrogen and oxygen atoms in total. The number of aliphatic hydroxyl groups is 1. The molecule has 3 atom stereocenters. The number of hydrogen-bond acceptors (Lipinski definition) is 1. The lowest BCUT2D eigenvalue weighted by atomic mass is 9.60. The highest BCUT2D eigenvalue weighted by Crippen LogP contribution is 2.47. The fourth-order valence-electron chi connectivity index (χ4n) is 3.42. The molecule has 1 saturated carbocycles. The Morgan fingerprint density at radius 3 is 2.81 bits per heavy atom. The van der Waals surface area contributed by atoms with Gasteiger partial charge in [-0.1, -0.05) is 48.9 Å². The fraction of sp³-hybridized carbons (Fsp3) is 0.467. The number of hydrogen-bond donors (Lipinski definition) is 1. The van der Waals surface area contributed by atoms with E-state index in [0.717, 1.165) is 12.8 Å². The van der Waals surface area contributed by atoms with Crippen LogP contribution in [-0.2, 0) is 5.41 Å². The maximum Gasteiger partial charge on any atom is 0.0702 e. The van der Waals surface area contributed by atoms with Gasteiger partial charge in [0.2, 0.25) is 0 Å². The second kappa shape index (κ2) is 3.74. The highest BCUT2D eigenvalue weighted by molar-refractivity contribution is 5.35. The van der Waals surface area contributed by atoms with Gasteiger partial charge in [-0.3, -0.25) is 0 Å². The van der Waals surface area contributed by atoms with E-state index in [1.807, 2.05) is 6.07 Å². The van der Waals surface area contributed by atoms with Gasteiger partial charge in [0.1, 0.15) is 0 Å². The van der Waals surface area contributed by atoms with Crippen molar-refractivity contribution < 1.29 is 5.11 Å². The Morgan fingerprint density at radius 1 is 1.19 bits per heavy atom. The first kappa shape index (κ1) is 10.1. The Bertz CT molecular complexity index is 395. The molecule has 1 heteroatoms. The van der Waals surface area contributed by atoms with Crippen LogP contribution in [0.1, 0.15) is 31.2 Å². The average molecular weight is 214 g/mol. The molecule has 1 fully saturated rings. The number of benzene rings is 1. The van der Waals surface area contributed by atoms with E-state index in [1.165, 1.54) is 18.4 Å². The predicted molar refractivity (Wildman–Crippen MR) is 65.2 cm³/mol. The minimum Gasteiger partial charge on any atom is -0.392 e. The Labute approximate surface area is 96.8 Å². The van der Waals surface area contributed by atoms with Gasteiger partial charge in [-0.15, -0.1) is 0 Å². The van der Waals surface area contributed by atoms with Gasteiger partial charge >= 0.3 is 0 Å². The number of allylic oxidation sites excluding steroid dienone is 1. The topological polar surface area (TPSA) is 20.2 Å². The molecule has 1 aromatic rings. The molecule has 0 heterocycles. The van der Waals surface area contributed by atoms with Crippen LogP contribution in [0.5, 0.6) is 0 Å². The SMILES string of the molecule is O[C@@H]1[C@@H]2CC=C[C@@]1(c1ccccc1)CCC2. The third-order valence-electron chi connectivity index (χ3n) is 4.31. The van der Waals surface area contributed by atoms with Crippen molar-refractivity contribution in [2.75, 3.05) is 0 Å². The van der Waals surface area contributed by atoms with Gasteiger partial charge in [0.25, 0.3) is 0 Å². The van der Waals surface area contributed by atoms with Gasteiger partial charge in [0, 0.05) is 5.41 Å². The highest BCUT2D eigenvalue weighted by Gasteiger charge is 2.45. The number of rotatable bonds is 1. The van der Waals surface area contributed by atoms with Crippen molar-refractivity contribution in [3.63, 3.8) is 0 Å². The first-order chi connectivity index (χ1) is 7.83. The summed E-state index contributed by atoms with van der Waals surface area (Å²) in [6.45, 7) is 0. The van der Waals surface area contributed by atoms with E-state index in [1.54, 1.807) is 0 Å². The Kier molecular flexibility index (Phi) is 2.36. The lowest BCUT2D eigenvalue weighted by Crippen LogP contribution is -2.47. The van der Waals surface area contributed by atoms with Crippen LogP contribution >= 0.6 is 0 Å². The van der Waals surface area contributed by atoms with Gasteiger partial charge in [-0.2, -0.15) is 0 Å². The van der Waals surface area contributed by atoms with Crippen molar-refractivity contribution in [1.82, 2.24) is 0 Å². The molecule has 0 saturated heterocycles. The minimum absolute atomic E-state index is 0.0948. The maximum atomic E-state index is 10.5. The van der Waals surface area contributed by atoms with E-state index in [4.69, 9.17) is 0 Å². The van der Waals surface area contributed by atoms with Gasteiger partial charge in [-0.25, -0.2) is 0 Å². The second-order valence-electron chi connectivity index (χ2n) is 5.14. The highest BCUT2D eigenvalue weighted by atomic mass is 16.3. The van der Waals surface area contributed by atoms with Crippen molar-refractivity contribution in [3.8, 4) is 0 Å². The van der Waals surface area contributed by atoms with E-state index >= 15 is 0 Å². The molecule has 1 N–H and O–H groups in total. The van der Waals surface area contributed by atoms with Gasteiger partial charge in [0.15, 0.2) is 0 Å². The van der Waals surface area contributed by atoms with Crippen molar-refractivity contribution in [2.24, 2.45) is 5.92 Å². The molecular weight excluding hydrogens is 196 g/mol. The largest absolute Gasteiger partial charge is 0.392 e. The standard InChI is InChI=1S/C15H18O/c16-14-12-6-4-10-15(14,11-5-7-12)13-8-2-1-3-9-13/h1-4,8-10,12,14,16H,5-7,11H2/t12-,14-,15+/m1/s1. The van der Waals surface area contributed by atoms with E-state index in [-0.39, 0.29) is 11.5 Å². The summed E-state index contributed by atoms with van der Waals surface area (Å²) in [7, 11) is 0.